The van der Waals surface area contributed by atoms with E-state index in [0.717, 1.165) is 11.8 Å². The fraction of sp³-hybridized carbons (Fsp3) is 0.467. The van der Waals surface area contributed by atoms with E-state index in [1.54, 1.807) is 26.8 Å². The van der Waals surface area contributed by atoms with Crippen LogP contribution in [0.3, 0.4) is 0 Å². The summed E-state index contributed by atoms with van der Waals surface area (Å²) in [5.41, 5.74) is 0.844. The monoisotopic (exact) mass is 279 g/mol. The van der Waals surface area contributed by atoms with Crippen LogP contribution in [-0.2, 0) is 16.1 Å². The van der Waals surface area contributed by atoms with Gasteiger partial charge in [0, 0.05) is 13.1 Å². The zero-order valence-corrected chi connectivity index (χ0v) is 11.9. The van der Waals surface area contributed by atoms with Gasteiger partial charge in [0.1, 0.15) is 17.7 Å². The number of halogens is 1. The van der Waals surface area contributed by atoms with Gasteiger partial charge in [0.2, 0.25) is 0 Å². The van der Waals surface area contributed by atoms with Crippen LogP contribution in [0.2, 0.25) is 0 Å². The number of fused-ring (bicyclic) bond motifs is 1. The Labute approximate surface area is 117 Å². The standard InChI is InChI=1S/C15H18FNO3/c1-15(2,3)20-14(19)17-7-10-4-5-12(16)6-13(10)11(8-17)9-18/h4-6,9,11H,7-8H2,1-3H3. The van der Waals surface area contributed by atoms with Gasteiger partial charge in [0.05, 0.1) is 5.92 Å². The van der Waals surface area contributed by atoms with Crippen molar-refractivity contribution < 1.29 is 18.7 Å². The van der Waals surface area contributed by atoms with Gasteiger partial charge < -0.3 is 14.4 Å². The van der Waals surface area contributed by atoms with E-state index >= 15 is 0 Å². The maximum absolute atomic E-state index is 13.3. The van der Waals surface area contributed by atoms with E-state index in [1.807, 2.05) is 0 Å². The van der Waals surface area contributed by atoms with Gasteiger partial charge in [-0.3, -0.25) is 0 Å². The molecule has 4 nitrogen and oxygen atoms in total. The van der Waals surface area contributed by atoms with Gasteiger partial charge in [-0.2, -0.15) is 0 Å². The molecule has 1 aliphatic heterocycles. The first-order valence-electron chi connectivity index (χ1n) is 6.51. The van der Waals surface area contributed by atoms with Crippen molar-refractivity contribution in [2.24, 2.45) is 0 Å². The van der Waals surface area contributed by atoms with Crippen LogP contribution in [0.4, 0.5) is 9.18 Å². The molecule has 0 N–H and O–H groups in total. The largest absolute Gasteiger partial charge is 0.444 e. The second-order valence-electron chi connectivity index (χ2n) is 5.95. The molecule has 108 valence electrons. The summed E-state index contributed by atoms with van der Waals surface area (Å²) in [7, 11) is 0. The van der Waals surface area contributed by atoms with Crippen molar-refractivity contribution in [1.29, 1.82) is 0 Å². The highest BCUT2D eigenvalue weighted by molar-refractivity contribution is 5.72. The molecular weight excluding hydrogens is 261 g/mol. The molecule has 1 unspecified atom stereocenters. The van der Waals surface area contributed by atoms with E-state index in [1.165, 1.54) is 17.0 Å². The average Bonchev–Trinajstić information content (AvgIpc) is 2.35. The number of carbonyl (C=O) groups is 2. The lowest BCUT2D eigenvalue weighted by atomic mass is 9.91. The second kappa shape index (κ2) is 5.23. The number of ether oxygens (including phenoxy) is 1. The molecule has 5 heteroatoms. The molecular formula is C15H18FNO3. The van der Waals surface area contributed by atoms with E-state index in [0.29, 0.717) is 12.1 Å². The zero-order valence-electron chi connectivity index (χ0n) is 11.9. The van der Waals surface area contributed by atoms with Gasteiger partial charge in [-0.05, 0) is 44.0 Å². The number of aldehydes is 1. The summed E-state index contributed by atoms with van der Waals surface area (Å²) in [5.74, 6) is -0.886. The van der Waals surface area contributed by atoms with Gasteiger partial charge in [-0.15, -0.1) is 0 Å². The molecule has 1 amide bonds. The third-order valence-corrected chi connectivity index (χ3v) is 3.10. The predicted octanol–water partition coefficient (Wildman–Crippen LogP) is 2.86. The van der Waals surface area contributed by atoms with E-state index in [-0.39, 0.29) is 12.4 Å². The minimum atomic E-state index is -0.586. The Hall–Kier alpha value is -1.91. The summed E-state index contributed by atoms with van der Waals surface area (Å²) in [6.07, 6.45) is 0.286. The van der Waals surface area contributed by atoms with Gasteiger partial charge in [-0.25, -0.2) is 9.18 Å². The van der Waals surface area contributed by atoms with E-state index in [4.69, 9.17) is 4.74 Å². The molecule has 0 radical (unpaired) electrons. The van der Waals surface area contributed by atoms with Gasteiger partial charge in [-0.1, -0.05) is 6.07 Å². The van der Waals surface area contributed by atoms with Gasteiger partial charge >= 0.3 is 6.09 Å². The first-order chi connectivity index (χ1) is 9.30. The maximum Gasteiger partial charge on any atom is 0.410 e. The van der Waals surface area contributed by atoms with Gasteiger partial charge in [0.15, 0.2) is 0 Å². The topological polar surface area (TPSA) is 46.6 Å². The Balaban J connectivity index is 2.23. The van der Waals surface area contributed by atoms with Crippen molar-refractivity contribution in [2.75, 3.05) is 6.54 Å². The molecule has 1 heterocycles. The number of hydrogen-bond donors (Lipinski definition) is 0. The number of hydrogen-bond acceptors (Lipinski definition) is 3. The Morgan fingerprint density at radius 3 is 2.75 bits per heavy atom. The van der Waals surface area contributed by atoms with Crippen LogP contribution in [0.25, 0.3) is 0 Å². The average molecular weight is 279 g/mol. The lowest BCUT2D eigenvalue weighted by molar-refractivity contribution is -0.109. The number of rotatable bonds is 1. The Bertz CT molecular complexity index is 536. The number of benzene rings is 1. The second-order valence-corrected chi connectivity index (χ2v) is 5.95. The zero-order chi connectivity index (χ0) is 14.9. The van der Waals surface area contributed by atoms with Gasteiger partial charge in [0.25, 0.3) is 0 Å². The molecule has 0 saturated heterocycles. The van der Waals surface area contributed by atoms with Crippen LogP contribution in [-0.4, -0.2) is 29.4 Å². The smallest absolute Gasteiger partial charge is 0.410 e. The van der Waals surface area contributed by atoms with E-state index in [9.17, 15) is 14.0 Å². The quantitative estimate of drug-likeness (QED) is 0.743. The SMILES string of the molecule is CC(C)(C)OC(=O)N1Cc2ccc(F)cc2C(C=O)C1. The molecule has 1 atom stereocenters. The molecule has 0 spiro atoms. The van der Waals surface area contributed by atoms with Crippen molar-refractivity contribution in [3.8, 4) is 0 Å². The normalized spacial score (nSPS) is 18.4. The first-order valence-corrected chi connectivity index (χ1v) is 6.51. The van der Waals surface area contributed by atoms with Crippen LogP contribution in [0.5, 0.6) is 0 Å². The molecule has 2 rings (SSSR count). The van der Waals surface area contributed by atoms with Crippen LogP contribution in [0.1, 0.15) is 37.8 Å². The minimum absolute atomic E-state index is 0.217. The number of amides is 1. The Morgan fingerprint density at radius 1 is 1.45 bits per heavy atom. The maximum atomic E-state index is 13.3. The first kappa shape index (κ1) is 14.5. The summed E-state index contributed by atoms with van der Waals surface area (Å²) in [4.78, 5) is 24.7. The van der Waals surface area contributed by atoms with E-state index < -0.39 is 17.6 Å². The van der Waals surface area contributed by atoms with Crippen LogP contribution < -0.4 is 0 Å². The summed E-state index contributed by atoms with van der Waals surface area (Å²) in [5, 5.41) is 0. The molecule has 1 aromatic carbocycles. The Kier molecular flexibility index (Phi) is 3.79. The number of nitrogens with zero attached hydrogens (tertiary/aromatic N) is 1. The highest BCUT2D eigenvalue weighted by atomic mass is 19.1. The number of carbonyl (C=O) groups excluding carboxylic acids is 2. The fourth-order valence-electron chi connectivity index (χ4n) is 2.24. The highest BCUT2D eigenvalue weighted by Gasteiger charge is 2.30. The van der Waals surface area contributed by atoms with Crippen molar-refractivity contribution in [1.82, 2.24) is 4.90 Å². The van der Waals surface area contributed by atoms with Crippen LogP contribution in [0, 0.1) is 5.82 Å². The van der Waals surface area contributed by atoms with Crippen LogP contribution in [0.15, 0.2) is 18.2 Å². The molecule has 0 fully saturated rings. The molecule has 0 aromatic heterocycles. The third-order valence-electron chi connectivity index (χ3n) is 3.10. The van der Waals surface area contributed by atoms with Crippen molar-refractivity contribution >= 4 is 12.4 Å². The summed E-state index contributed by atoms with van der Waals surface area (Å²) < 4.78 is 18.6. The summed E-state index contributed by atoms with van der Waals surface area (Å²) in [6.45, 7) is 5.91. The lowest BCUT2D eigenvalue weighted by Crippen LogP contribution is -2.41. The van der Waals surface area contributed by atoms with Crippen molar-refractivity contribution in [3.63, 3.8) is 0 Å². The van der Waals surface area contributed by atoms with Crippen LogP contribution >= 0.6 is 0 Å². The van der Waals surface area contributed by atoms with Crippen molar-refractivity contribution in [2.45, 2.75) is 38.8 Å². The van der Waals surface area contributed by atoms with E-state index in [2.05, 4.69) is 0 Å². The van der Waals surface area contributed by atoms with Crippen molar-refractivity contribution in [3.05, 3.63) is 35.1 Å². The summed E-state index contributed by atoms with van der Waals surface area (Å²) >= 11 is 0. The highest BCUT2D eigenvalue weighted by Crippen LogP contribution is 2.28. The summed E-state index contributed by atoms with van der Waals surface area (Å²) in [6, 6.07) is 4.30. The molecule has 20 heavy (non-hydrogen) atoms. The molecule has 1 aliphatic rings. The molecule has 1 aromatic rings. The lowest BCUT2D eigenvalue weighted by Gasteiger charge is -2.33. The predicted molar refractivity (Wildman–Crippen MR) is 71.8 cm³/mol. The molecule has 0 bridgehead atoms. The minimum Gasteiger partial charge on any atom is -0.444 e. The third kappa shape index (κ3) is 3.15. The molecule has 0 aliphatic carbocycles. The fourth-order valence-corrected chi connectivity index (χ4v) is 2.24. The molecule has 0 saturated carbocycles. The Morgan fingerprint density at radius 2 is 2.15 bits per heavy atom.